The van der Waals surface area contributed by atoms with Crippen LogP contribution in [0.5, 0.6) is 0 Å². The zero-order valence-electron chi connectivity index (χ0n) is 21.1. The summed E-state index contributed by atoms with van der Waals surface area (Å²) in [5.74, 6) is 1.30. The fourth-order valence-corrected chi connectivity index (χ4v) is 4.56. The number of nitrogens with zero attached hydrogens (tertiary/aromatic N) is 3. The second-order valence-corrected chi connectivity index (χ2v) is 9.40. The summed E-state index contributed by atoms with van der Waals surface area (Å²) in [7, 11) is 0. The van der Waals surface area contributed by atoms with Crippen LogP contribution in [0, 0.1) is 20.8 Å². The van der Waals surface area contributed by atoms with Gasteiger partial charge in [0.1, 0.15) is 5.76 Å². The summed E-state index contributed by atoms with van der Waals surface area (Å²) in [5.41, 5.74) is 6.77. The van der Waals surface area contributed by atoms with Crippen LogP contribution in [-0.2, 0) is 6.54 Å². The second-order valence-electron chi connectivity index (χ2n) is 9.40. The first kappa shape index (κ1) is 23.8. The number of aromatic nitrogens is 1. The minimum Gasteiger partial charge on any atom is -0.441 e. The molecule has 0 aliphatic carbocycles. The van der Waals surface area contributed by atoms with Crippen molar-refractivity contribution in [3.8, 4) is 11.5 Å². The quantitative estimate of drug-likeness (QED) is 0.376. The summed E-state index contributed by atoms with van der Waals surface area (Å²) in [6.07, 6.45) is 0. The number of aryl methyl sites for hydroxylation is 2. The predicted octanol–water partition coefficient (Wildman–Crippen LogP) is 5.84. The molecule has 0 atom stereocenters. The first-order valence-electron chi connectivity index (χ1n) is 12.4. The Morgan fingerprint density at radius 1 is 0.889 bits per heavy atom. The van der Waals surface area contributed by atoms with Gasteiger partial charge in [-0.05, 0) is 74.4 Å². The standard InChI is InChI=1S/C30H32N4O2/c1-21-8-7-11-27(22(21)2)31-29(35)24-12-14-25(15-13-24)30-32-28(23(3)36-30)20-33-16-18-34(19-17-33)26-9-5-4-6-10-26/h4-15H,16-20H2,1-3H3,(H,31,35). The molecule has 0 bridgehead atoms. The molecule has 0 saturated carbocycles. The summed E-state index contributed by atoms with van der Waals surface area (Å²) in [4.78, 5) is 22.4. The van der Waals surface area contributed by atoms with E-state index in [2.05, 4.69) is 45.4 Å². The molecule has 1 saturated heterocycles. The molecule has 2 heterocycles. The third-order valence-corrected chi connectivity index (χ3v) is 7.01. The first-order valence-corrected chi connectivity index (χ1v) is 12.4. The van der Waals surface area contributed by atoms with Gasteiger partial charge in [0, 0.05) is 55.2 Å². The van der Waals surface area contributed by atoms with E-state index in [0.717, 1.165) is 66.6 Å². The van der Waals surface area contributed by atoms with Gasteiger partial charge in [-0.2, -0.15) is 0 Å². The summed E-state index contributed by atoms with van der Waals surface area (Å²) in [6, 6.07) is 23.9. The topological polar surface area (TPSA) is 61.6 Å². The highest BCUT2D eigenvalue weighted by Crippen LogP contribution is 2.25. The number of hydrogen-bond donors (Lipinski definition) is 1. The van der Waals surface area contributed by atoms with Gasteiger partial charge in [0.05, 0.1) is 5.69 Å². The van der Waals surface area contributed by atoms with Gasteiger partial charge in [0.25, 0.3) is 5.91 Å². The van der Waals surface area contributed by atoms with Gasteiger partial charge < -0.3 is 14.6 Å². The van der Waals surface area contributed by atoms with Crippen molar-refractivity contribution in [2.75, 3.05) is 36.4 Å². The average molecular weight is 481 g/mol. The van der Waals surface area contributed by atoms with Gasteiger partial charge in [-0.15, -0.1) is 0 Å². The van der Waals surface area contributed by atoms with E-state index in [0.29, 0.717) is 11.5 Å². The molecule has 1 aliphatic rings. The molecule has 1 aliphatic heterocycles. The average Bonchev–Trinajstić information content (AvgIpc) is 3.27. The molecule has 1 amide bonds. The van der Waals surface area contributed by atoms with Gasteiger partial charge in [-0.1, -0.05) is 30.3 Å². The molecule has 1 fully saturated rings. The molecular formula is C30H32N4O2. The highest BCUT2D eigenvalue weighted by atomic mass is 16.4. The SMILES string of the molecule is Cc1cccc(NC(=O)c2ccc(-c3nc(CN4CCN(c5ccccc5)CC4)c(C)o3)cc2)c1C. The largest absolute Gasteiger partial charge is 0.441 e. The number of benzene rings is 3. The molecule has 1 aromatic heterocycles. The van der Waals surface area contributed by atoms with E-state index in [9.17, 15) is 4.79 Å². The lowest BCUT2D eigenvalue weighted by Crippen LogP contribution is -2.46. The third kappa shape index (κ3) is 5.19. The highest BCUT2D eigenvalue weighted by molar-refractivity contribution is 6.04. The van der Waals surface area contributed by atoms with Crippen molar-refractivity contribution in [1.29, 1.82) is 0 Å². The fourth-order valence-electron chi connectivity index (χ4n) is 4.56. The van der Waals surface area contributed by atoms with Gasteiger partial charge >= 0.3 is 0 Å². The number of carbonyl (C=O) groups excluding carboxylic acids is 1. The zero-order chi connectivity index (χ0) is 25.1. The maximum atomic E-state index is 12.8. The van der Waals surface area contributed by atoms with Crippen molar-refractivity contribution in [3.05, 3.63) is 101 Å². The number of rotatable bonds is 6. The molecular weight excluding hydrogens is 448 g/mol. The molecule has 1 N–H and O–H groups in total. The molecule has 0 spiro atoms. The first-order chi connectivity index (χ1) is 17.5. The Morgan fingerprint density at radius 2 is 1.61 bits per heavy atom. The second kappa shape index (κ2) is 10.4. The molecule has 5 rings (SSSR count). The van der Waals surface area contributed by atoms with Crippen LogP contribution >= 0.6 is 0 Å². The van der Waals surface area contributed by atoms with Crippen LogP contribution in [-0.4, -0.2) is 42.0 Å². The summed E-state index contributed by atoms with van der Waals surface area (Å²) in [6.45, 7) is 10.8. The van der Waals surface area contributed by atoms with Crippen molar-refractivity contribution < 1.29 is 9.21 Å². The predicted molar refractivity (Wildman–Crippen MR) is 144 cm³/mol. The minimum atomic E-state index is -0.130. The summed E-state index contributed by atoms with van der Waals surface area (Å²) >= 11 is 0. The van der Waals surface area contributed by atoms with Crippen LogP contribution in [0.15, 0.2) is 77.2 Å². The zero-order valence-corrected chi connectivity index (χ0v) is 21.1. The Kier molecular flexibility index (Phi) is 6.87. The number of piperazine rings is 1. The maximum absolute atomic E-state index is 12.8. The number of nitrogens with one attached hydrogen (secondary N) is 1. The fraction of sp³-hybridized carbons (Fsp3) is 0.267. The number of anilines is 2. The van der Waals surface area contributed by atoms with Crippen molar-refractivity contribution in [3.63, 3.8) is 0 Å². The Hall–Kier alpha value is -3.90. The minimum absolute atomic E-state index is 0.130. The lowest BCUT2D eigenvalue weighted by atomic mass is 10.1. The van der Waals surface area contributed by atoms with Crippen LogP contribution in [0.25, 0.3) is 11.5 Å². The van der Waals surface area contributed by atoms with E-state index in [1.54, 1.807) is 0 Å². The number of para-hydroxylation sites is 1. The van der Waals surface area contributed by atoms with Gasteiger partial charge in [0.15, 0.2) is 0 Å². The normalized spacial score (nSPS) is 14.1. The molecule has 0 unspecified atom stereocenters. The molecule has 36 heavy (non-hydrogen) atoms. The van der Waals surface area contributed by atoms with Gasteiger partial charge in [-0.25, -0.2) is 4.98 Å². The molecule has 3 aromatic carbocycles. The Morgan fingerprint density at radius 3 is 2.33 bits per heavy atom. The summed E-state index contributed by atoms with van der Waals surface area (Å²) in [5, 5.41) is 3.01. The highest BCUT2D eigenvalue weighted by Gasteiger charge is 2.20. The monoisotopic (exact) mass is 480 g/mol. The van der Waals surface area contributed by atoms with Crippen molar-refractivity contribution in [1.82, 2.24) is 9.88 Å². The van der Waals surface area contributed by atoms with E-state index in [1.807, 2.05) is 63.2 Å². The number of amides is 1. The molecule has 0 radical (unpaired) electrons. The lowest BCUT2D eigenvalue weighted by Gasteiger charge is -2.35. The van der Waals surface area contributed by atoms with Crippen LogP contribution in [0.2, 0.25) is 0 Å². The van der Waals surface area contributed by atoms with Crippen LogP contribution < -0.4 is 10.2 Å². The smallest absolute Gasteiger partial charge is 0.255 e. The van der Waals surface area contributed by atoms with E-state index in [1.165, 1.54) is 5.69 Å². The van der Waals surface area contributed by atoms with E-state index < -0.39 is 0 Å². The van der Waals surface area contributed by atoms with E-state index in [-0.39, 0.29) is 5.91 Å². The Labute approximate surface area is 212 Å². The Bertz CT molecular complexity index is 1340. The van der Waals surface area contributed by atoms with E-state index >= 15 is 0 Å². The Balaban J connectivity index is 1.21. The molecule has 6 heteroatoms. The third-order valence-electron chi connectivity index (χ3n) is 7.01. The van der Waals surface area contributed by atoms with E-state index in [4.69, 9.17) is 9.40 Å². The van der Waals surface area contributed by atoms with Crippen molar-refractivity contribution in [2.45, 2.75) is 27.3 Å². The van der Waals surface area contributed by atoms with Crippen molar-refractivity contribution >= 4 is 17.3 Å². The van der Waals surface area contributed by atoms with Gasteiger partial charge in [0.2, 0.25) is 5.89 Å². The summed E-state index contributed by atoms with van der Waals surface area (Å²) < 4.78 is 6.01. The van der Waals surface area contributed by atoms with Crippen LogP contribution in [0.4, 0.5) is 11.4 Å². The number of carbonyl (C=O) groups is 1. The molecule has 184 valence electrons. The van der Waals surface area contributed by atoms with Gasteiger partial charge in [-0.3, -0.25) is 9.69 Å². The molecule has 4 aromatic rings. The van der Waals surface area contributed by atoms with Crippen LogP contribution in [0.3, 0.4) is 0 Å². The number of hydrogen-bond acceptors (Lipinski definition) is 5. The van der Waals surface area contributed by atoms with Crippen LogP contribution in [0.1, 0.15) is 32.9 Å². The number of oxazole rings is 1. The molecule has 6 nitrogen and oxygen atoms in total. The van der Waals surface area contributed by atoms with Crippen molar-refractivity contribution in [2.24, 2.45) is 0 Å². The maximum Gasteiger partial charge on any atom is 0.255 e. The lowest BCUT2D eigenvalue weighted by molar-refractivity contribution is 0.102.